The van der Waals surface area contributed by atoms with Gasteiger partial charge in [-0.15, -0.1) is 0 Å². The van der Waals surface area contributed by atoms with Crippen LogP contribution in [0.5, 0.6) is 5.75 Å². The molecule has 0 spiro atoms. The highest BCUT2D eigenvalue weighted by atomic mass is 35.5. The maximum atomic E-state index is 12.0. The van der Waals surface area contributed by atoms with Crippen molar-refractivity contribution in [2.75, 3.05) is 13.2 Å². The molecule has 2 aromatic carbocycles. The molecule has 0 saturated carbocycles. The molecule has 7 nitrogen and oxygen atoms in total. The number of hydrogen-bond donors (Lipinski definition) is 2. The predicted octanol–water partition coefficient (Wildman–Crippen LogP) is 3.40. The Hall–Kier alpha value is -2.77. The number of ether oxygens (including phenoxy) is 2. The summed E-state index contributed by atoms with van der Waals surface area (Å²) < 4.78 is 10.3. The summed E-state index contributed by atoms with van der Waals surface area (Å²) in [5.74, 6) is -1.19. The Morgan fingerprint density at radius 2 is 1.57 bits per heavy atom. The molecule has 0 saturated heterocycles. The van der Waals surface area contributed by atoms with E-state index in [1.807, 2.05) is 6.92 Å². The smallest absolute Gasteiger partial charge is 0.338 e. The molecule has 0 fully saturated rings. The Morgan fingerprint density at radius 1 is 0.929 bits per heavy atom. The molecule has 0 aromatic heterocycles. The lowest BCUT2D eigenvalue weighted by molar-refractivity contribution is -0.123. The highest BCUT2D eigenvalue weighted by molar-refractivity contribution is 6.35. The van der Waals surface area contributed by atoms with Crippen molar-refractivity contribution >= 4 is 41.0 Å². The molecule has 2 N–H and O–H groups in total. The van der Waals surface area contributed by atoms with Gasteiger partial charge in [0.05, 0.1) is 12.2 Å². The van der Waals surface area contributed by atoms with E-state index in [4.69, 9.17) is 32.7 Å². The van der Waals surface area contributed by atoms with Crippen molar-refractivity contribution in [1.29, 1.82) is 0 Å². The van der Waals surface area contributed by atoms with Crippen molar-refractivity contribution in [2.24, 2.45) is 0 Å². The first-order valence-corrected chi connectivity index (χ1v) is 9.10. The van der Waals surface area contributed by atoms with Crippen molar-refractivity contribution in [2.45, 2.75) is 13.3 Å². The van der Waals surface area contributed by atoms with Gasteiger partial charge in [0.1, 0.15) is 5.75 Å². The number of esters is 1. The van der Waals surface area contributed by atoms with Gasteiger partial charge in [0, 0.05) is 15.6 Å². The van der Waals surface area contributed by atoms with Crippen molar-refractivity contribution in [3.63, 3.8) is 0 Å². The summed E-state index contributed by atoms with van der Waals surface area (Å²) in [5, 5.41) is 0.601. The first kappa shape index (κ1) is 21.5. The summed E-state index contributed by atoms with van der Waals surface area (Å²) >= 11 is 11.7. The van der Waals surface area contributed by atoms with Gasteiger partial charge in [-0.3, -0.25) is 20.4 Å². The van der Waals surface area contributed by atoms with Crippen LogP contribution in [0.25, 0.3) is 0 Å². The van der Waals surface area contributed by atoms with Gasteiger partial charge in [0.15, 0.2) is 6.61 Å². The number of hydrogen-bond acceptors (Lipinski definition) is 5. The lowest BCUT2D eigenvalue weighted by Gasteiger charge is -2.10. The summed E-state index contributed by atoms with van der Waals surface area (Å²) in [7, 11) is 0. The number of hydrazine groups is 1. The van der Waals surface area contributed by atoms with Crippen LogP contribution in [-0.4, -0.2) is 31.0 Å². The quantitative estimate of drug-likeness (QED) is 0.524. The van der Waals surface area contributed by atoms with Crippen LogP contribution in [0, 0.1) is 0 Å². The minimum atomic E-state index is -0.576. The van der Waals surface area contributed by atoms with Crippen LogP contribution in [0.1, 0.15) is 34.1 Å². The zero-order chi connectivity index (χ0) is 20.5. The molecular weight excluding hydrogens is 407 g/mol. The van der Waals surface area contributed by atoms with Gasteiger partial charge < -0.3 is 9.47 Å². The van der Waals surface area contributed by atoms with Crippen molar-refractivity contribution in [3.8, 4) is 5.75 Å². The molecule has 0 heterocycles. The topological polar surface area (TPSA) is 93.7 Å². The molecule has 0 aliphatic rings. The van der Waals surface area contributed by atoms with Crippen LogP contribution in [0.2, 0.25) is 10.0 Å². The van der Waals surface area contributed by atoms with Gasteiger partial charge in [0.25, 0.3) is 11.8 Å². The van der Waals surface area contributed by atoms with Gasteiger partial charge in [-0.05, 0) is 48.9 Å². The van der Waals surface area contributed by atoms with Gasteiger partial charge in [-0.2, -0.15) is 0 Å². The minimum absolute atomic E-state index is 0.198. The van der Waals surface area contributed by atoms with E-state index in [9.17, 15) is 14.4 Å². The number of carbonyl (C=O) groups excluding carboxylic acids is 3. The third kappa shape index (κ3) is 6.75. The van der Waals surface area contributed by atoms with Crippen LogP contribution in [0.4, 0.5) is 0 Å². The lowest BCUT2D eigenvalue weighted by atomic mass is 10.2. The van der Waals surface area contributed by atoms with Crippen LogP contribution in [0.3, 0.4) is 0 Å². The second-order valence-corrected chi connectivity index (χ2v) is 6.48. The molecule has 28 heavy (non-hydrogen) atoms. The Labute approximate surface area is 171 Å². The van der Waals surface area contributed by atoms with E-state index in [1.54, 1.807) is 12.1 Å². The maximum absolute atomic E-state index is 12.0. The number of nitrogens with one attached hydrogen (secondary N) is 2. The Kier molecular flexibility index (Phi) is 8.10. The van der Waals surface area contributed by atoms with Gasteiger partial charge in [-0.1, -0.05) is 30.1 Å². The first-order chi connectivity index (χ1) is 13.4. The van der Waals surface area contributed by atoms with E-state index in [2.05, 4.69) is 10.9 Å². The summed E-state index contributed by atoms with van der Waals surface area (Å²) in [6, 6.07) is 10.5. The maximum Gasteiger partial charge on any atom is 0.338 e. The standard InChI is InChI=1S/C19H18Cl2N2O5/c1-2-7-27-19(26)12-3-5-16(6-4-12)28-11-17(24)22-23-18(25)13-8-14(20)10-15(21)9-13/h3-6,8-10H,2,7,11H2,1H3,(H,22,24)(H,23,25). The summed E-state index contributed by atoms with van der Waals surface area (Å²) in [6.45, 7) is 1.92. The number of benzene rings is 2. The summed E-state index contributed by atoms with van der Waals surface area (Å²) in [5.41, 5.74) is 5.04. The van der Waals surface area contributed by atoms with E-state index < -0.39 is 17.8 Å². The zero-order valence-corrected chi connectivity index (χ0v) is 16.5. The largest absolute Gasteiger partial charge is 0.484 e. The van der Waals surface area contributed by atoms with E-state index in [-0.39, 0.29) is 12.2 Å². The Balaban J connectivity index is 1.79. The predicted molar refractivity (Wildman–Crippen MR) is 105 cm³/mol. The second kappa shape index (κ2) is 10.5. The fourth-order valence-electron chi connectivity index (χ4n) is 2.03. The van der Waals surface area contributed by atoms with Gasteiger partial charge >= 0.3 is 5.97 Å². The number of amides is 2. The highest BCUT2D eigenvalue weighted by Crippen LogP contribution is 2.18. The monoisotopic (exact) mass is 424 g/mol. The second-order valence-electron chi connectivity index (χ2n) is 5.61. The molecule has 0 aliphatic heterocycles. The fourth-order valence-corrected chi connectivity index (χ4v) is 2.56. The highest BCUT2D eigenvalue weighted by Gasteiger charge is 2.11. The van der Waals surface area contributed by atoms with E-state index in [0.29, 0.717) is 28.0 Å². The average molecular weight is 425 g/mol. The molecule has 2 aromatic rings. The molecule has 0 radical (unpaired) electrons. The molecule has 0 unspecified atom stereocenters. The molecule has 148 valence electrons. The van der Waals surface area contributed by atoms with E-state index in [0.717, 1.165) is 6.42 Å². The number of rotatable bonds is 7. The number of carbonyl (C=O) groups is 3. The SMILES string of the molecule is CCCOC(=O)c1ccc(OCC(=O)NNC(=O)c2cc(Cl)cc(Cl)c2)cc1. The molecule has 0 bridgehead atoms. The Bertz CT molecular complexity index is 836. The zero-order valence-electron chi connectivity index (χ0n) is 15.0. The normalized spacial score (nSPS) is 10.1. The van der Waals surface area contributed by atoms with Crippen molar-refractivity contribution in [1.82, 2.24) is 10.9 Å². The Morgan fingerprint density at radius 3 is 2.18 bits per heavy atom. The van der Waals surface area contributed by atoms with Crippen LogP contribution in [0.15, 0.2) is 42.5 Å². The van der Waals surface area contributed by atoms with Crippen LogP contribution in [-0.2, 0) is 9.53 Å². The van der Waals surface area contributed by atoms with E-state index >= 15 is 0 Å². The molecule has 9 heteroatoms. The number of halogens is 2. The van der Waals surface area contributed by atoms with Crippen molar-refractivity contribution < 1.29 is 23.9 Å². The van der Waals surface area contributed by atoms with E-state index in [1.165, 1.54) is 30.3 Å². The van der Waals surface area contributed by atoms with Gasteiger partial charge in [0.2, 0.25) is 0 Å². The van der Waals surface area contributed by atoms with Gasteiger partial charge in [-0.25, -0.2) is 4.79 Å². The fraction of sp³-hybridized carbons (Fsp3) is 0.211. The summed E-state index contributed by atoms with van der Waals surface area (Å²) in [6.07, 6.45) is 0.739. The van der Waals surface area contributed by atoms with Crippen LogP contribution < -0.4 is 15.6 Å². The molecule has 0 aliphatic carbocycles. The molecular formula is C19H18Cl2N2O5. The van der Waals surface area contributed by atoms with Crippen LogP contribution >= 0.6 is 23.2 Å². The molecule has 2 rings (SSSR count). The summed E-state index contributed by atoms with van der Waals surface area (Å²) in [4.78, 5) is 35.5. The first-order valence-electron chi connectivity index (χ1n) is 8.34. The molecule has 0 atom stereocenters. The average Bonchev–Trinajstić information content (AvgIpc) is 2.68. The molecule has 2 amide bonds. The minimum Gasteiger partial charge on any atom is -0.484 e. The third-order valence-corrected chi connectivity index (χ3v) is 3.77. The lowest BCUT2D eigenvalue weighted by Crippen LogP contribution is -2.43. The van der Waals surface area contributed by atoms with Crippen molar-refractivity contribution in [3.05, 3.63) is 63.6 Å². The third-order valence-electron chi connectivity index (χ3n) is 3.34.